The minimum absolute atomic E-state index is 0.178. The Bertz CT molecular complexity index is 977. The van der Waals surface area contributed by atoms with Gasteiger partial charge in [0.15, 0.2) is 23.0 Å². The van der Waals surface area contributed by atoms with Crippen molar-refractivity contribution < 1.29 is 28.4 Å². The molecule has 1 N–H and O–H groups in total. The molecule has 7 nitrogen and oxygen atoms in total. The highest BCUT2D eigenvalue weighted by Crippen LogP contribution is 2.52. The zero-order chi connectivity index (χ0) is 16.3. The summed E-state index contributed by atoms with van der Waals surface area (Å²) < 4.78 is 33.8. The van der Waals surface area contributed by atoms with Crippen molar-refractivity contribution in [3.05, 3.63) is 12.1 Å². The molecule has 0 saturated carbocycles. The lowest BCUT2D eigenvalue weighted by molar-refractivity contribution is 0.171. The van der Waals surface area contributed by atoms with E-state index in [1.165, 1.54) is 0 Å². The van der Waals surface area contributed by atoms with E-state index < -0.39 is 0 Å². The van der Waals surface area contributed by atoms with Gasteiger partial charge in [-0.25, -0.2) is 0 Å². The number of ether oxygens (including phenoxy) is 6. The average molecular weight is 329 g/mol. The summed E-state index contributed by atoms with van der Waals surface area (Å²) in [5, 5.41) is 1.79. The lowest BCUT2D eigenvalue weighted by Gasteiger charge is -2.20. The molecule has 24 heavy (non-hydrogen) atoms. The second-order valence-electron chi connectivity index (χ2n) is 5.54. The first-order valence-corrected chi connectivity index (χ1v) is 7.60. The molecule has 0 fully saturated rings. The quantitative estimate of drug-likeness (QED) is 0.779. The summed E-state index contributed by atoms with van der Waals surface area (Å²) in [6.07, 6.45) is 0. The van der Waals surface area contributed by atoms with Crippen molar-refractivity contribution in [2.24, 2.45) is 0 Å². The number of rotatable bonds is 2. The van der Waals surface area contributed by atoms with Gasteiger partial charge in [0.1, 0.15) is 19.0 Å². The van der Waals surface area contributed by atoms with Crippen molar-refractivity contribution in [1.82, 2.24) is 4.98 Å². The molecule has 0 amide bonds. The Balaban J connectivity index is 1.96. The van der Waals surface area contributed by atoms with Crippen LogP contribution in [0.4, 0.5) is 0 Å². The largest absolute Gasteiger partial charge is 0.494 e. The van der Waals surface area contributed by atoms with Crippen LogP contribution in [0.5, 0.6) is 34.5 Å². The first-order valence-electron chi connectivity index (χ1n) is 7.60. The number of nitrogens with one attached hydrogen (secondary N) is 1. The molecule has 5 rings (SSSR count). The van der Waals surface area contributed by atoms with Gasteiger partial charge in [-0.05, 0) is 6.07 Å². The summed E-state index contributed by atoms with van der Waals surface area (Å²) in [6, 6.07) is 3.76. The number of aromatic amines is 1. The van der Waals surface area contributed by atoms with E-state index in [0.717, 1.165) is 21.8 Å². The van der Waals surface area contributed by atoms with Gasteiger partial charge < -0.3 is 33.4 Å². The van der Waals surface area contributed by atoms with Gasteiger partial charge in [0, 0.05) is 11.5 Å². The number of benzene rings is 2. The molecule has 0 atom stereocenters. The molecule has 3 heterocycles. The maximum absolute atomic E-state index is 5.88. The number of H-pyrrole nitrogens is 1. The maximum Gasteiger partial charge on any atom is 0.231 e. The first kappa shape index (κ1) is 13.5. The standard InChI is InChI=1S/C17H15NO6/c1-19-9-6-11-15(22-4-3-21-11)12-8-5-10-16(24-7-23-10)17(20-2)13(8)18-14(9)12/h5-6,18H,3-4,7H2,1-2H3. The number of hydrogen-bond acceptors (Lipinski definition) is 6. The lowest BCUT2D eigenvalue weighted by atomic mass is 10.1. The number of hydrogen-bond donors (Lipinski definition) is 1. The summed E-state index contributed by atoms with van der Waals surface area (Å²) in [6.45, 7) is 1.19. The molecule has 2 aliphatic heterocycles. The third-order valence-corrected chi connectivity index (χ3v) is 4.36. The molecule has 2 aromatic carbocycles. The molecule has 0 spiro atoms. The third kappa shape index (κ3) is 1.61. The summed E-state index contributed by atoms with van der Waals surface area (Å²) in [5.74, 6) is 3.89. The molecule has 0 bridgehead atoms. The summed E-state index contributed by atoms with van der Waals surface area (Å²) in [5.41, 5.74) is 1.62. The van der Waals surface area contributed by atoms with Crippen LogP contribution in [0.15, 0.2) is 12.1 Å². The average Bonchev–Trinajstić information content (AvgIpc) is 3.23. The third-order valence-electron chi connectivity index (χ3n) is 4.36. The minimum atomic E-state index is 0.178. The summed E-state index contributed by atoms with van der Waals surface area (Å²) in [4.78, 5) is 3.38. The van der Waals surface area contributed by atoms with Crippen LogP contribution in [0.25, 0.3) is 21.8 Å². The fourth-order valence-electron chi connectivity index (χ4n) is 3.36. The molecule has 3 aromatic rings. The van der Waals surface area contributed by atoms with Gasteiger partial charge in [0.25, 0.3) is 0 Å². The Kier molecular flexibility index (Phi) is 2.68. The van der Waals surface area contributed by atoms with Crippen LogP contribution < -0.4 is 28.4 Å². The lowest BCUT2D eigenvalue weighted by Crippen LogP contribution is -2.15. The van der Waals surface area contributed by atoms with E-state index >= 15 is 0 Å². The molecule has 1 aromatic heterocycles. The minimum Gasteiger partial charge on any atom is -0.494 e. The molecule has 0 radical (unpaired) electrons. The number of fused-ring (bicyclic) bond motifs is 6. The van der Waals surface area contributed by atoms with Crippen LogP contribution in [0.3, 0.4) is 0 Å². The van der Waals surface area contributed by atoms with E-state index in [1.807, 2.05) is 12.1 Å². The highest BCUT2D eigenvalue weighted by Gasteiger charge is 2.28. The monoisotopic (exact) mass is 329 g/mol. The van der Waals surface area contributed by atoms with Crippen molar-refractivity contribution in [3.63, 3.8) is 0 Å². The van der Waals surface area contributed by atoms with E-state index in [2.05, 4.69) is 4.98 Å². The van der Waals surface area contributed by atoms with Crippen LogP contribution in [0, 0.1) is 0 Å². The number of methoxy groups -OCH3 is 2. The fraction of sp³-hybridized carbons (Fsp3) is 0.294. The smallest absolute Gasteiger partial charge is 0.231 e. The van der Waals surface area contributed by atoms with Gasteiger partial charge in [-0.2, -0.15) is 0 Å². The van der Waals surface area contributed by atoms with Crippen molar-refractivity contribution in [1.29, 1.82) is 0 Å². The van der Waals surface area contributed by atoms with Gasteiger partial charge in [-0.15, -0.1) is 0 Å². The first-order chi connectivity index (χ1) is 11.8. The Hall–Kier alpha value is -2.96. The van der Waals surface area contributed by atoms with Gasteiger partial charge >= 0.3 is 0 Å². The second-order valence-corrected chi connectivity index (χ2v) is 5.54. The normalized spacial score (nSPS) is 15.1. The number of aromatic nitrogens is 1. The summed E-state index contributed by atoms with van der Waals surface area (Å²) >= 11 is 0. The topological polar surface area (TPSA) is 71.2 Å². The fourth-order valence-corrected chi connectivity index (χ4v) is 3.36. The van der Waals surface area contributed by atoms with Gasteiger partial charge in [-0.1, -0.05) is 0 Å². The predicted molar refractivity (Wildman–Crippen MR) is 86.0 cm³/mol. The Morgan fingerprint density at radius 3 is 2.54 bits per heavy atom. The van der Waals surface area contributed by atoms with Crippen molar-refractivity contribution in [3.8, 4) is 34.5 Å². The van der Waals surface area contributed by atoms with Crippen molar-refractivity contribution >= 4 is 21.8 Å². The zero-order valence-electron chi connectivity index (χ0n) is 13.2. The van der Waals surface area contributed by atoms with Crippen molar-refractivity contribution in [2.45, 2.75) is 0 Å². The van der Waals surface area contributed by atoms with Gasteiger partial charge in [-0.3, -0.25) is 0 Å². The molecule has 7 heteroatoms. The van der Waals surface area contributed by atoms with E-state index in [-0.39, 0.29) is 6.79 Å². The molecule has 0 unspecified atom stereocenters. The molecule has 0 aliphatic carbocycles. The SMILES string of the molecule is COc1c2c(cc3c1[nH]c1c(OC)cc4c(c13)OCCO4)OCO2. The molecule has 0 saturated heterocycles. The van der Waals surface area contributed by atoms with Crippen LogP contribution in [0.1, 0.15) is 0 Å². The molecule has 124 valence electrons. The summed E-state index contributed by atoms with van der Waals surface area (Å²) in [7, 11) is 3.23. The molecule has 2 aliphatic rings. The Morgan fingerprint density at radius 2 is 1.71 bits per heavy atom. The highest BCUT2D eigenvalue weighted by atomic mass is 16.7. The van der Waals surface area contributed by atoms with Crippen LogP contribution in [0.2, 0.25) is 0 Å². The van der Waals surface area contributed by atoms with Crippen LogP contribution in [-0.4, -0.2) is 39.2 Å². The molecular weight excluding hydrogens is 314 g/mol. The van der Waals surface area contributed by atoms with E-state index in [1.54, 1.807) is 14.2 Å². The zero-order valence-corrected chi connectivity index (χ0v) is 13.2. The van der Waals surface area contributed by atoms with Crippen molar-refractivity contribution in [2.75, 3.05) is 34.2 Å². The molecular formula is C17H15NO6. The van der Waals surface area contributed by atoms with E-state index in [9.17, 15) is 0 Å². The van der Waals surface area contributed by atoms with E-state index in [0.29, 0.717) is 47.7 Å². The van der Waals surface area contributed by atoms with Gasteiger partial charge in [0.2, 0.25) is 12.5 Å². The van der Waals surface area contributed by atoms with E-state index in [4.69, 9.17) is 28.4 Å². The highest BCUT2D eigenvalue weighted by molar-refractivity contribution is 6.16. The van der Waals surface area contributed by atoms with Gasteiger partial charge in [0.05, 0.1) is 30.6 Å². The predicted octanol–water partition coefficient (Wildman–Crippen LogP) is 2.84. The second kappa shape index (κ2) is 4.77. The Labute approximate surface area is 136 Å². The van der Waals surface area contributed by atoms with Crippen LogP contribution in [-0.2, 0) is 0 Å². The van der Waals surface area contributed by atoms with Crippen LogP contribution >= 0.6 is 0 Å². The maximum atomic E-state index is 5.88. The Morgan fingerprint density at radius 1 is 0.875 bits per heavy atom.